The molecule has 28 heavy (non-hydrogen) atoms. The van der Waals surface area contributed by atoms with Crippen molar-refractivity contribution in [1.29, 1.82) is 0 Å². The van der Waals surface area contributed by atoms with Gasteiger partial charge in [-0.2, -0.15) is 11.8 Å². The van der Waals surface area contributed by atoms with Gasteiger partial charge in [-0.25, -0.2) is 0 Å². The number of nitrogens with zero attached hydrogens (tertiary/aromatic N) is 3. The SMILES string of the molecule is COC(=O)CCSC/C=C(\C)CCn1cc(-c2ccc(C(C)(C)C)cc2)nn1. The quantitative estimate of drug-likeness (QED) is 0.341. The molecule has 0 spiro atoms. The Morgan fingerprint density at radius 1 is 1.21 bits per heavy atom. The van der Waals surface area contributed by atoms with Gasteiger partial charge in [0.25, 0.3) is 0 Å². The van der Waals surface area contributed by atoms with Crippen LogP contribution in [0.25, 0.3) is 11.3 Å². The molecule has 1 heterocycles. The van der Waals surface area contributed by atoms with Gasteiger partial charge in [-0.1, -0.05) is 61.9 Å². The molecular formula is C22H31N3O2S. The highest BCUT2D eigenvalue weighted by atomic mass is 32.2. The number of aryl methyl sites for hydroxylation is 1. The molecule has 1 aromatic heterocycles. The normalized spacial score (nSPS) is 12.2. The van der Waals surface area contributed by atoms with Crippen molar-refractivity contribution >= 4 is 17.7 Å². The van der Waals surface area contributed by atoms with Gasteiger partial charge in [-0.05, 0) is 24.3 Å². The number of ether oxygens (including phenoxy) is 1. The molecule has 6 heteroatoms. The Labute approximate surface area is 172 Å². The Balaban J connectivity index is 1.81. The first-order valence-electron chi connectivity index (χ1n) is 9.61. The number of benzene rings is 1. The lowest BCUT2D eigenvalue weighted by Crippen LogP contribution is -2.10. The number of aromatic nitrogens is 3. The average Bonchev–Trinajstić information content (AvgIpc) is 3.14. The minimum atomic E-state index is -0.150. The lowest BCUT2D eigenvalue weighted by atomic mass is 9.86. The molecule has 5 nitrogen and oxygen atoms in total. The summed E-state index contributed by atoms with van der Waals surface area (Å²) in [7, 11) is 1.42. The van der Waals surface area contributed by atoms with Crippen LogP contribution in [0.1, 0.15) is 46.1 Å². The molecule has 0 aliphatic heterocycles. The molecule has 0 fully saturated rings. The van der Waals surface area contributed by atoms with Gasteiger partial charge in [0, 0.05) is 23.6 Å². The van der Waals surface area contributed by atoms with Gasteiger partial charge in [0.05, 0.1) is 19.7 Å². The van der Waals surface area contributed by atoms with E-state index in [1.54, 1.807) is 11.8 Å². The highest BCUT2D eigenvalue weighted by molar-refractivity contribution is 7.99. The van der Waals surface area contributed by atoms with Crippen molar-refractivity contribution in [2.24, 2.45) is 0 Å². The molecule has 2 rings (SSSR count). The van der Waals surface area contributed by atoms with E-state index >= 15 is 0 Å². The first kappa shape index (κ1) is 22.2. The second-order valence-corrected chi connectivity index (χ2v) is 9.05. The smallest absolute Gasteiger partial charge is 0.306 e. The van der Waals surface area contributed by atoms with Crippen molar-refractivity contribution < 1.29 is 9.53 Å². The first-order chi connectivity index (χ1) is 13.3. The van der Waals surface area contributed by atoms with Gasteiger partial charge in [0.15, 0.2) is 0 Å². The summed E-state index contributed by atoms with van der Waals surface area (Å²) in [5.41, 5.74) is 4.78. The Morgan fingerprint density at radius 3 is 2.57 bits per heavy atom. The summed E-state index contributed by atoms with van der Waals surface area (Å²) in [4.78, 5) is 11.1. The largest absolute Gasteiger partial charge is 0.469 e. The van der Waals surface area contributed by atoms with Gasteiger partial charge >= 0.3 is 5.97 Å². The summed E-state index contributed by atoms with van der Waals surface area (Å²) >= 11 is 1.74. The summed E-state index contributed by atoms with van der Waals surface area (Å²) in [6.45, 7) is 9.58. The molecule has 0 aliphatic rings. The second kappa shape index (κ2) is 10.5. The number of thioether (sulfide) groups is 1. The number of esters is 1. The van der Waals surface area contributed by atoms with E-state index in [4.69, 9.17) is 0 Å². The third kappa shape index (κ3) is 7.15. The molecule has 0 saturated heterocycles. The molecule has 0 saturated carbocycles. The molecule has 0 radical (unpaired) electrons. The molecule has 0 bridgehead atoms. The van der Waals surface area contributed by atoms with Crippen LogP contribution in [-0.4, -0.2) is 39.6 Å². The summed E-state index contributed by atoms with van der Waals surface area (Å²) in [6, 6.07) is 8.56. The molecule has 0 aliphatic carbocycles. The van der Waals surface area contributed by atoms with Gasteiger partial charge < -0.3 is 4.74 Å². The fourth-order valence-corrected chi connectivity index (χ4v) is 3.50. The standard InChI is InChI=1S/C22H31N3O2S/c1-17(11-14-28-15-12-21(26)27-5)10-13-25-16-20(23-24-25)18-6-8-19(9-7-18)22(2,3)4/h6-9,11,16H,10,12-15H2,1-5H3/b17-11+. The predicted octanol–water partition coefficient (Wildman–Crippen LogP) is 4.88. The average molecular weight is 402 g/mol. The van der Waals surface area contributed by atoms with Crippen molar-refractivity contribution in [3.63, 3.8) is 0 Å². The Kier molecular flexibility index (Phi) is 8.30. The van der Waals surface area contributed by atoms with Crippen LogP contribution in [0.3, 0.4) is 0 Å². The zero-order valence-corrected chi connectivity index (χ0v) is 18.4. The maximum absolute atomic E-state index is 11.1. The lowest BCUT2D eigenvalue weighted by Gasteiger charge is -2.18. The Bertz CT molecular complexity index is 789. The topological polar surface area (TPSA) is 57.0 Å². The highest BCUT2D eigenvalue weighted by Crippen LogP contribution is 2.25. The van der Waals surface area contributed by atoms with Crippen LogP contribution in [0.4, 0.5) is 0 Å². The van der Waals surface area contributed by atoms with Gasteiger partial charge in [0.2, 0.25) is 0 Å². The third-order valence-corrected chi connectivity index (χ3v) is 5.44. The molecule has 0 amide bonds. The van der Waals surface area contributed by atoms with E-state index in [0.29, 0.717) is 6.42 Å². The van der Waals surface area contributed by atoms with Crippen LogP contribution < -0.4 is 0 Å². The zero-order valence-electron chi connectivity index (χ0n) is 17.6. The van der Waals surface area contributed by atoms with E-state index in [0.717, 1.165) is 35.7 Å². The molecule has 0 unspecified atom stereocenters. The number of carbonyl (C=O) groups is 1. The second-order valence-electron chi connectivity index (χ2n) is 7.90. The van der Waals surface area contributed by atoms with Crippen molar-refractivity contribution in [2.45, 2.75) is 52.5 Å². The maximum atomic E-state index is 11.1. The Morgan fingerprint density at radius 2 is 1.93 bits per heavy atom. The van der Waals surface area contributed by atoms with Crippen LogP contribution in [0, 0.1) is 0 Å². The van der Waals surface area contributed by atoms with E-state index in [9.17, 15) is 4.79 Å². The first-order valence-corrected chi connectivity index (χ1v) is 10.8. The van der Waals surface area contributed by atoms with Crippen molar-refractivity contribution in [3.05, 3.63) is 47.7 Å². The van der Waals surface area contributed by atoms with E-state index in [2.05, 4.69) is 73.1 Å². The molecular weight excluding hydrogens is 370 g/mol. The minimum absolute atomic E-state index is 0.150. The van der Waals surface area contributed by atoms with E-state index in [-0.39, 0.29) is 11.4 Å². The fraction of sp³-hybridized carbons (Fsp3) is 0.500. The molecule has 2 aromatic rings. The summed E-state index contributed by atoms with van der Waals surface area (Å²) in [5, 5.41) is 8.57. The van der Waals surface area contributed by atoms with Crippen molar-refractivity contribution in [2.75, 3.05) is 18.6 Å². The number of allylic oxidation sites excluding steroid dienone is 1. The van der Waals surface area contributed by atoms with Crippen LogP contribution >= 0.6 is 11.8 Å². The maximum Gasteiger partial charge on any atom is 0.306 e. The Hall–Kier alpha value is -2.08. The fourth-order valence-electron chi connectivity index (χ4n) is 2.62. The third-order valence-electron chi connectivity index (χ3n) is 4.55. The van der Waals surface area contributed by atoms with E-state index < -0.39 is 0 Å². The van der Waals surface area contributed by atoms with Gasteiger partial charge in [-0.15, -0.1) is 5.10 Å². The molecule has 1 aromatic carbocycles. The minimum Gasteiger partial charge on any atom is -0.469 e. The van der Waals surface area contributed by atoms with Crippen molar-refractivity contribution in [1.82, 2.24) is 15.0 Å². The number of rotatable bonds is 9. The zero-order chi connectivity index (χ0) is 20.6. The van der Waals surface area contributed by atoms with Crippen LogP contribution in [0.5, 0.6) is 0 Å². The van der Waals surface area contributed by atoms with Crippen LogP contribution in [0.2, 0.25) is 0 Å². The molecule has 0 atom stereocenters. The van der Waals surface area contributed by atoms with Crippen LogP contribution in [0.15, 0.2) is 42.1 Å². The lowest BCUT2D eigenvalue weighted by molar-refractivity contribution is -0.140. The molecule has 0 N–H and O–H groups in total. The van der Waals surface area contributed by atoms with E-state index in [1.807, 2.05) is 10.9 Å². The number of hydrogen-bond acceptors (Lipinski definition) is 5. The number of hydrogen-bond donors (Lipinski definition) is 0. The number of methoxy groups -OCH3 is 1. The monoisotopic (exact) mass is 401 g/mol. The summed E-state index contributed by atoms with van der Waals surface area (Å²) in [6.07, 6.45) is 5.62. The highest BCUT2D eigenvalue weighted by Gasteiger charge is 2.13. The van der Waals surface area contributed by atoms with E-state index in [1.165, 1.54) is 18.2 Å². The van der Waals surface area contributed by atoms with Gasteiger partial charge in [-0.3, -0.25) is 9.48 Å². The van der Waals surface area contributed by atoms with Crippen LogP contribution in [-0.2, 0) is 21.5 Å². The van der Waals surface area contributed by atoms with Gasteiger partial charge in [0.1, 0.15) is 5.69 Å². The molecule has 152 valence electrons. The summed E-state index contributed by atoms with van der Waals surface area (Å²) in [5.74, 6) is 1.55. The summed E-state index contributed by atoms with van der Waals surface area (Å²) < 4.78 is 6.53. The number of carbonyl (C=O) groups excluding carboxylic acids is 1. The predicted molar refractivity (Wildman–Crippen MR) is 116 cm³/mol. The van der Waals surface area contributed by atoms with Crippen molar-refractivity contribution in [3.8, 4) is 11.3 Å².